The molecule has 51 heavy (non-hydrogen) atoms. The van der Waals surface area contributed by atoms with Gasteiger partial charge in [-0.15, -0.1) is 0 Å². The van der Waals surface area contributed by atoms with Crippen molar-refractivity contribution in [3.63, 3.8) is 0 Å². The summed E-state index contributed by atoms with van der Waals surface area (Å²) in [6, 6.07) is 56.2. The molecule has 7 aromatic carbocycles. The van der Waals surface area contributed by atoms with Crippen molar-refractivity contribution >= 4 is 32.6 Å². The van der Waals surface area contributed by atoms with E-state index < -0.39 is 0 Å². The molecule has 0 radical (unpaired) electrons. The number of fused-ring (bicyclic) bond motifs is 7. The Bertz CT molecular complexity index is 2740. The van der Waals surface area contributed by atoms with Crippen molar-refractivity contribution in [3.05, 3.63) is 180 Å². The highest BCUT2D eigenvalue weighted by Crippen LogP contribution is 2.45. The molecule has 0 saturated heterocycles. The van der Waals surface area contributed by atoms with Crippen LogP contribution in [0, 0.1) is 0 Å². The van der Waals surface area contributed by atoms with Gasteiger partial charge in [-0.05, 0) is 74.8 Å². The van der Waals surface area contributed by atoms with Crippen LogP contribution in [-0.2, 0) is 11.8 Å². The lowest BCUT2D eigenvalue weighted by molar-refractivity contribution is 0.613. The van der Waals surface area contributed by atoms with Gasteiger partial charge < -0.3 is 0 Å². The van der Waals surface area contributed by atoms with Crippen molar-refractivity contribution in [2.45, 2.75) is 25.7 Å². The number of aromatic nitrogens is 4. The molecule has 4 nitrogen and oxygen atoms in total. The summed E-state index contributed by atoms with van der Waals surface area (Å²) in [4.78, 5) is 15.1. The maximum atomic E-state index is 5.09. The van der Waals surface area contributed by atoms with Crippen LogP contribution >= 0.6 is 0 Å². The van der Waals surface area contributed by atoms with Crippen LogP contribution in [-0.4, -0.2) is 19.5 Å². The van der Waals surface area contributed by atoms with E-state index in [1.165, 1.54) is 49.5 Å². The molecule has 0 atom stereocenters. The molecule has 1 aliphatic carbocycles. The van der Waals surface area contributed by atoms with Gasteiger partial charge >= 0.3 is 0 Å². The lowest BCUT2D eigenvalue weighted by atomic mass is 9.67. The first-order valence-electron chi connectivity index (χ1n) is 17.6. The molecule has 1 aliphatic rings. The van der Waals surface area contributed by atoms with Gasteiger partial charge in [-0.25, -0.2) is 4.98 Å². The second kappa shape index (κ2) is 11.3. The number of hydrogen-bond donors (Lipinski definition) is 0. The topological polar surface area (TPSA) is 43.6 Å². The molecule has 242 valence electrons. The number of benzene rings is 7. The van der Waals surface area contributed by atoms with Crippen LogP contribution in [0.4, 0.5) is 0 Å². The zero-order valence-corrected chi connectivity index (χ0v) is 28.5. The molecule has 0 N–H and O–H groups in total. The van der Waals surface area contributed by atoms with Gasteiger partial charge in [-0.3, -0.25) is 4.57 Å². The Morgan fingerprint density at radius 2 is 1.08 bits per heavy atom. The highest BCUT2D eigenvalue weighted by atomic mass is 15.2. The van der Waals surface area contributed by atoms with Crippen LogP contribution in [0.5, 0.6) is 0 Å². The molecule has 2 heterocycles. The van der Waals surface area contributed by atoms with Crippen molar-refractivity contribution in [1.29, 1.82) is 0 Å². The predicted octanol–water partition coefficient (Wildman–Crippen LogP) is 11.4. The number of rotatable bonds is 4. The third-order valence-electron chi connectivity index (χ3n) is 10.8. The Morgan fingerprint density at radius 3 is 1.82 bits per heavy atom. The SMILES string of the molecule is CC1(C)c2cc(-c3ccc4c(c3)c3ccccc3n4-c3nc(-c4ccccc4)nc(-c4ccccc4)n3)ccc2Cc2c1ccc1ccccc21. The highest BCUT2D eigenvalue weighted by molar-refractivity contribution is 6.10. The van der Waals surface area contributed by atoms with Crippen LogP contribution in [0.2, 0.25) is 0 Å². The van der Waals surface area contributed by atoms with Gasteiger partial charge in [-0.2, -0.15) is 9.97 Å². The van der Waals surface area contributed by atoms with E-state index in [9.17, 15) is 0 Å². The van der Waals surface area contributed by atoms with E-state index in [-0.39, 0.29) is 5.41 Å². The molecule has 0 fully saturated rings. The molecule has 0 amide bonds. The van der Waals surface area contributed by atoms with Crippen LogP contribution in [0.15, 0.2) is 158 Å². The fourth-order valence-electron chi connectivity index (χ4n) is 8.20. The quantitative estimate of drug-likeness (QED) is 0.190. The smallest absolute Gasteiger partial charge is 0.238 e. The number of nitrogens with zero attached hydrogens (tertiary/aromatic N) is 4. The van der Waals surface area contributed by atoms with Gasteiger partial charge in [0.2, 0.25) is 5.95 Å². The van der Waals surface area contributed by atoms with Gasteiger partial charge in [0.1, 0.15) is 0 Å². The fourth-order valence-corrected chi connectivity index (χ4v) is 8.20. The zero-order chi connectivity index (χ0) is 34.1. The summed E-state index contributed by atoms with van der Waals surface area (Å²) in [5.74, 6) is 1.89. The first kappa shape index (κ1) is 29.5. The average molecular weight is 655 g/mol. The van der Waals surface area contributed by atoms with Crippen molar-refractivity contribution < 1.29 is 0 Å². The van der Waals surface area contributed by atoms with E-state index in [2.05, 4.69) is 115 Å². The minimum atomic E-state index is -0.116. The van der Waals surface area contributed by atoms with Crippen molar-refractivity contribution in [2.75, 3.05) is 0 Å². The van der Waals surface area contributed by atoms with E-state index in [1.807, 2.05) is 60.7 Å². The lowest BCUT2D eigenvalue weighted by Crippen LogP contribution is -2.27. The average Bonchev–Trinajstić information content (AvgIpc) is 3.52. The third-order valence-corrected chi connectivity index (χ3v) is 10.8. The Labute approximate surface area is 296 Å². The van der Waals surface area contributed by atoms with E-state index >= 15 is 0 Å². The standard InChI is InChI=1S/C47H34N4/c1-47(2)40-25-23-30-13-9-10-18-36(30)38(40)28-35-22-21-34(29-41(35)47)33-24-26-43-39(27-33)37-19-11-12-20-42(37)51(43)46-49-44(31-14-5-3-6-15-31)48-45(50-46)32-16-7-4-8-17-32/h3-27,29H,28H2,1-2H3. The molecule has 10 rings (SSSR count). The third kappa shape index (κ3) is 4.71. The molecule has 2 aromatic heterocycles. The first-order valence-corrected chi connectivity index (χ1v) is 17.6. The van der Waals surface area contributed by atoms with Crippen LogP contribution in [0.25, 0.3) is 72.4 Å². The highest BCUT2D eigenvalue weighted by Gasteiger charge is 2.33. The van der Waals surface area contributed by atoms with Gasteiger partial charge in [0, 0.05) is 27.3 Å². The summed E-state index contributed by atoms with van der Waals surface area (Å²) >= 11 is 0. The normalized spacial score (nSPS) is 13.4. The molecule has 0 aliphatic heterocycles. The maximum Gasteiger partial charge on any atom is 0.238 e. The first-order chi connectivity index (χ1) is 25.0. The molecule has 0 spiro atoms. The Balaban J connectivity index is 1.13. The summed E-state index contributed by atoms with van der Waals surface area (Å²) < 4.78 is 2.19. The summed E-state index contributed by atoms with van der Waals surface area (Å²) in [5.41, 5.74) is 12.0. The summed E-state index contributed by atoms with van der Waals surface area (Å²) in [5, 5.41) is 5.00. The van der Waals surface area contributed by atoms with Gasteiger partial charge in [0.15, 0.2) is 11.6 Å². The summed E-state index contributed by atoms with van der Waals surface area (Å²) in [6.45, 7) is 4.75. The molecular formula is C47H34N4. The fraction of sp³-hybridized carbons (Fsp3) is 0.0851. The van der Waals surface area contributed by atoms with Crippen LogP contribution < -0.4 is 0 Å². The second-order valence-corrected chi connectivity index (χ2v) is 14.1. The number of para-hydroxylation sites is 1. The Kier molecular flexibility index (Phi) is 6.56. The van der Waals surface area contributed by atoms with E-state index in [0.717, 1.165) is 34.0 Å². The molecule has 0 saturated carbocycles. The monoisotopic (exact) mass is 654 g/mol. The summed E-state index contributed by atoms with van der Waals surface area (Å²) in [7, 11) is 0. The predicted molar refractivity (Wildman–Crippen MR) is 209 cm³/mol. The van der Waals surface area contributed by atoms with Gasteiger partial charge in [-0.1, -0.05) is 147 Å². The second-order valence-electron chi connectivity index (χ2n) is 14.1. The number of hydrogen-bond acceptors (Lipinski definition) is 3. The molecule has 0 unspecified atom stereocenters. The van der Waals surface area contributed by atoms with Crippen molar-refractivity contribution in [2.24, 2.45) is 0 Å². The van der Waals surface area contributed by atoms with Crippen molar-refractivity contribution in [3.8, 4) is 39.9 Å². The molecule has 9 aromatic rings. The summed E-state index contributed by atoms with van der Waals surface area (Å²) in [6.07, 6.45) is 0.949. The molecule has 0 bridgehead atoms. The van der Waals surface area contributed by atoms with Crippen LogP contribution in [0.3, 0.4) is 0 Å². The van der Waals surface area contributed by atoms with Crippen LogP contribution in [0.1, 0.15) is 36.1 Å². The minimum absolute atomic E-state index is 0.116. The van der Waals surface area contributed by atoms with E-state index in [0.29, 0.717) is 17.6 Å². The van der Waals surface area contributed by atoms with Gasteiger partial charge in [0.25, 0.3) is 0 Å². The Morgan fingerprint density at radius 1 is 0.471 bits per heavy atom. The molecular weight excluding hydrogens is 621 g/mol. The molecule has 4 heteroatoms. The largest absolute Gasteiger partial charge is 0.278 e. The minimum Gasteiger partial charge on any atom is -0.278 e. The Hall–Kier alpha value is -6.39. The zero-order valence-electron chi connectivity index (χ0n) is 28.5. The van der Waals surface area contributed by atoms with E-state index in [4.69, 9.17) is 15.0 Å². The van der Waals surface area contributed by atoms with E-state index in [1.54, 1.807) is 0 Å². The van der Waals surface area contributed by atoms with Crippen molar-refractivity contribution in [1.82, 2.24) is 19.5 Å². The lowest BCUT2D eigenvalue weighted by Gasteiger charge is -2.36. The maximum absolute atomic E-state index is 5.09. The van der Waals surface area contributed by atoms with Gasteiger partial charge in [0.05, 0.1) is 11.0 Å².